The van der Waals surface area contributed by atoms with Crippen LogP contribution in [0.2, 0.25) is 0 Å². The second-order valence-electron chi connectivity index (χ2n) is 0.250. The molecule has 0 fully saturated rings. The van der Waals surface area contributed by atoms with E-state index in [1.54, 1.807) is 0 Å². The van der Waals surface area contributed by atoms with Crippen LogP contribution in [-0.2, 0) is 0 Å². The first-order valence-electron chi connectivity index (χ1n) is 0.612. The van der Waals surface area contributed by atoms with Crippen molar-refractivity contribution >= 4 is 32.4 Å². The number of rotatable bonds is 0. The van der Waals surface area contributed by atoms with Crippen LogP contribution in [0.15, 0.2) is 0 Å². The predicted molar refractivity (Wildman–Crippen MR) is 11.1 cm³/mol. The zero-order chi connectivity index (χ0) is 3.58. The number of hydrogen-bond acceptors (Lipinski definition) is 3. The van der Waals surface area contributed by atoms with Gasteiger partial charge in [-0.3, -0.25) is 0 Å². The molecule has 0 bridgehead atoms. The molecule has 0 atom stereocenters. The minimum absolute atomic E-state index is 0. The maximum absolute atomic E-state index is 8.33. The van der Waals surface area contributed by atoms with Gasteiger partial charge in [-0.15, -0.1) is 0 Å². The molecule has 0 aromatic rings. The third-order valence-electron chi connectivity index (χ3n) is 0. The van der Waals surface area contributed by atoms with E-state index in [4.69, 9.17) is 15.0 Å². The summed E-state index contributed by atoms with van der Waals surface area (Å²) < 4.78 is 0. The maximum Gasteiger partial charge on any atom is 3.00 e. The summed E-state index contributed by atoms with van der Waals surface area (Å²) in [5, 5.41) is 16.7. The minimum atomic E-state index is -2.33. The van der Waals surface area contributed by atoms with Crippen LogP contribution >= 0.6 is 0 Å². The summed E-state index contributed by atoms with van der Waals surface area (Å²) in [6.45, 7) is 0. The molecule has 0 aliphatic heterocycles. The zero-order valence-electron chi connectivity index (χ0n) is 2.17. The van der Waals surface area contributed by atoms with Gasteiger partial charge in [-0.1, -0.05) is 0 Å². The molecule has 4 heteroatoms. The largest absolute Gasteiger partial charge is 3.00 e. The van der Waals surface area contributed by atoms with Crippen molar-refractivity contribution in [2.45, 2.75) is 0 Å². The van der Waals surface area contributed by atoms with Gasteiger partial charge in [0.2, 0.25) is 0 Å². The molecular weight excluding hydrogens is 269 g/mol. The molecular formula is CBiO3+. The summed E-state index contributed by atoms with van der Waals surface area (Å²) in [5.41, 5.74) is 0. The SMILES string of the molecule is O=C([O-])[O-].[Bi+3]. The molecule has 3 nitrogen and oxygen atoms in total. The minimum Gasteiger partial charge on any atom is -0.652 e. The zero-order valence-corrected chi connectivity index (χ0v) is 5.65. The molecule has 26 valence electrons. The van der Waals surface area contributed by atoms with Crippen molar-refractivity contribution in [1.82, 2.24) is 0 Å². The molecule has 0 N–H and O–H groups in total. The normalized spacial score (nSPS) is 4.80. The van der Waals surface area contributed by atoms with E-state index in [1.807, 2.05) is 0 Å². The van der Waals surface area contributed by atoms with Crippen molar-refractivity contribution in [2.75, 3.05) is 0 Å². The Labute approximate surface area is 47.7 Å². The van der Waals surface area contributed by atoms with Gasteiger partial charge in [-0.25, -0.2) is 0 Å². The van der Waals surface area contributed by atoms with Crippen LogP contribution in [-0.4, -0.2) is 32.4 Å². The molecule has 0 heterocycles. The first-order chi connectivity index (χ1) is 1.73. The van der Waals surface area contributed by atoms with Crippen LogP contribution in [0.1, 0.15) is 0 Å². The first kappa shape index (κ1) is 8.94. The summed E-state index contributed by atoms with van der Waals surface area (Å²) in [6.07, 6.45) is -2.33. The second-order valence-corrected chi connectivity index (χ2v) is 0.250. The molecule has 0 amide bonds. The van der Waals surface area contributed by atoms with E-state index >= 15 is 0 Å². The average Bonchev–Trinajstić information content (AvgIpc) is 0.811. The Kier molecular flexibility index (Phi) is 7.43. The van der Waals surface area contributed by atoms with Crippen LogP contribution in [0.25, 0.3) is 0 Å². The monoisotopic (exact) mass is 269 g/mol. The Morgan fingerprint density at radius 1 is 1.40 bits per heavy atom. The summed E-state index contributed by atoms with van der Waals surface area (Å²) in [6, 6.07) is 0. The molecule has 0 saturated carbocycles. The smallest absolute Gasteiger partial charge is 0.652 e. The predicted octanol–water partition coefficient (Wildman–Crippen LogP) is -2.83. The van der Waals surface area contributed by atoms with Crippen LogP contribution in [0, 0.1) is 0 Å². The third-order valence-corrected chi connectivity index (χ3v) is 0. The van der Waals surface area contributed by atoms with Gasteiger partial charge in [-0.2, -0.15) is 0 Å². The van der Waals surface area contributed by atoms with E-state index in [0.29, 0.717) is 0 Å². The molecule has 0 unspecified atom stereocenters. The fourth-order valence-electron chi connectivity index (χ4n) is 0. The maximum atomic E-state index is 8.33. The molecule has 0 aliphatic carbocycles. The Balaban J connectivity index is 0. The fraction of sp³-hybridized carbons (Fsp3) is 0. The molecule has 5 heavy (non-hydrogen) atoms. The average molecular weight is 269 g/mol. The van der Waals surface area contributed by atoms with Crippen LogP contribution < -0.4 is 10.2 Å². The van der Waals surface area contributed by atoms with E-state index in [9.17, 15) is 0 Å². The van der Waals surface area contributed by atoms with Crippen LogP contribution in [0.3, 0.4) is 0 Å². The van der Waals surface area contributed by atoms with Crippen molar-refractivity contribution < 1.29 is 15.0 Å². The van der Waals surface area contributed by atoms with Gasteiger partial charge in [0.1, 0.15) is 0 Å². The van der Waals surface area contributed by atoms with Gasteiger partial charge in [0.25, 0.3) is 0 Å². The Morgan fingerprint density at radius 3 is 1.40 bits per heavy atom. The Bertz CT molecular complexity index is 29.9. The van der Waals surface area contributed by atoms with E-state index in [0.717, 1.165) is 0 Å². The molecule has 0 aromatic heterocycles. The number of carbonyl (C=O) groups is 1. The van der Waals surface area contributed by atoms with E-state index < -0.39 is 6.16 Å². The van der Waals surface area contributed by atoms with Crippen molar-refractivity contribution in [2.24, 2.45) is 0 Å². The Morgan fingerprint density at radius 2 is 1.40 bits per heavy atom. The molecule has 0 rings (SSSR count). The van der Waals surface area contributed by atoms with Crippen molar-refractivity contribution in [1.29, 1.82) is 0 Å². The Hall–Kier alpha value is 0.153. The summed E-state index contributed by atoms with van der Waals surface area (Å²) in [5.74, 6) is 0. The van der Waals surface area contributed by atoms with Crippen LogP contribution in [0.5, 0.6) is 0 Å². The van der Waals surface area contributed by atoms with Gasteiger partial charge in [0, 0.05) is 0 Å². The topological polar surface area (TPSA) is 63.2 Å². The molecule has 0 saturated heterocycles. The number of carbonyl (C=O) groups excluding carboxylic acids is 1. The third kappa shape index (κ3) is 821. The fourth-order valence-corrected chi connectivity index (χ4v) is 0. The van der Waals surface area contributed by atoms with Gasteiger partial charge in [0.15, 0.2) is 0 Å². The van der Waals surface area contributed by atoms with E-state index in [-0.39, 0.29) is 26.2 Å². The molecule has 2 radical (unpaired) electrons. The van der Waals surface area contributed by atoms with Gasteiger partial charge in [0.05, 0.1) is 0 Å². The van der Waals surface area contributed by atoms with Crippen molar-refractivity contribution in [3.05, 3.63) is 0 Å². The standard InChI is InChI=1S/CH2O3.Bi/c2-1(3)4;/h(H2,2,3,4);/q;+3/p-2. The van der Waals surface area contributed by atoms with E-state index in [2.05, 4.69) is 0 Å². The second kappa shape index (κ2) is 4.15. The van der Waals surface area contributed by atoms with Gasteiger partial charge < -0.3 is 15.0 Å². The van der Waals surface area contributed by atoms with Crippen molar-refractivity contribution in [3.63, 3.8) is 0 Å². The summed E-state index contributed by atoms with van der Waals surface area (Å²) >= 11 is 0. The summed E-state index contributed by atoms with van der Waals surface area (Å²) in [4.78, 5) is 8.33. The quantitative estimate of drug-likeness (QED) is 0.445. The molecule has 0 spiro atoms. The molecule has 0 aliphatic rings. The number of carboxylic acid groups (broad SMARTS) is 2. The van der Waals surface area contributed by atoms with Crippen LogP contribution in [0.4, 0.5) is 4.79 Å². The van der Waals surface area contributed by atoms with Crippen molar-refractivity contribution in [3.8, 4) is 0 Å². The first-order valence-corrected chi connectivity index (χ1v) is 0.612. The molecule has 0 aromatic carbocycles. The van der Waals surface area contributed by atoms with Gasteiger partial charge >= 0.3 is 26.2 Å². The number of hydrogen-bond donors (Lipinski definition) is 0. The van der Waals surface area contributed by atoms with E-state index in [1.165, 1.54) is 0 Å². The summed E-state index contributed by atoms with van der Waals surface area (Å²) in [7, 11) is 0. The van der Waals surface area contributed by atoms with Gasteiger partial charge in [-0.05, 0) is 6.16 Å².